The van der Waals surface area contributed by atoms with Crippen LogP contribution in [0.1, 0.15) is 19.3 Å². The van der Waals surface area contributed by atoms with Crippen molar-refractivity contribution in [2.24, 2.45) is 17.3 Å². The Balaban J connectivity index is 1.57. The van der Waals surface area contributed by atoms with Gasteiger partial charge >= 0.3 is 17.4 Å². The van der Waals surface area contributed by atoms with E-state index < -0.39 is 39.7 Å². The third-order valence-corrected chi connectivity index (χ3v) is 8.26. The van der Waals surface area contributed by atoms with Crippen LogP contribution in [-0.2, 0) is 19.1 Å². The van der Waals surface area contributed by atoms with E-state index in [4.69, 9.17) is 4.74 Å². The number of ketones is 2. The van der Waals surface area contributed by atoms with Gasteiger partial charge in [-0.15, -0.1) is 0 Å². The molecule has 4 heterocycles. The van der Waals surface area contributed by atoms with E-state index in [1.807, 2.05) is 0 Å². The van der Waals surface area contributed by atoms with Gasteiger partial charge in [-0.3, -0.25) is 29.4 Å². The SMILES string of the molecule is O=C(O)C[C@H]1OCC=C2CN3CC[C@]45C6=CC(=O)C(=O)C([N+](=O)[O-])=C6N[C@@H]4[C@H]1[C@@H]2C[C@@H]35. The van der Waals surface area contributed by atoms with Gasteiger partial charge in [-0.05, 0) is 37.0 Å². The minimum atomic E-state index is -1.11. The number of carboxylic acid groups (broad SMARTS) is 1. The number of nitrogens with zero attached hydrogens (tertiary/aromatic N) is 2. The van der Waals surface area contributed by atoms with Crippen LogP contribution in [0.15, 0.2) is 34.7 Å². The van der Waals surface area contributed by atoms with E-state index in [9.17, 15) is 29.6 Å². The van der Waals surface area contributed by atoms with Gasteiger partial charge in [-0.25, -0.2) is 0 Å². The van der Waals surface area contributed by atoms with Gasteiger partial charge < -0.3 is 15.2 Å². The molecule has 0 radical (unpaired) electrons. The fourth-order valence-electron chi connectivity index (χ4n) is 7.23. The summed E-state index contributed by atoms with van der Waals surface area (Å²) < 4.78 is 6.00. The summed E-state index contributed by atoms with van der Waals surface area (Å²) >= 11 is 0. The second-order valence-corrected chi connectivity index (χ2v) is 9.30. The maximum atomic E-state index is 12.4. The molecule has 2 aliphatic carbocycles. The summed E-state index contributed by atoms with van der Waals surface area (Å²) in [4.78, 5) is 49.8. The lowest BCUT2D eigenvalue weighted by Gasteiger charge is -2.55. The second kappa shape index (κ2) is 6.10. The number of hydrogen-bond donors (Lipinski definition) is 2. The molecule has 1 saturated carbocycles. The van der Waals surface area contributed by atoms with Crippen LogP contribution in [0.4, 0.5) is 0 Å². The molecular weight excluding hydrogens is 406 g/mol. The molecule has 0 aromatic heterocycles. The summed E-state index contributed by atoms with van der Waals surface area (Å²) in [6.07, 6.45) is 4.09. The topological polar surface area (TPSA) is 139 Å². The average molecular weight is 427 g/mol. The molecule has 2 N–H and O–H groups in total. The van der Waals surface area contributed by atoms with Crippen LogP contribution in [0.3, 0.4) is 0 Å². The van der Waals surface area contributed by atoms with E-state index in [-0.39, 0.29) is 36.0 Å². The van der Waals surface area contributed by atoms with Crippen molar-refractivity contribution >= 4 is 17.5 Å². The molecule has 31 heavy (non-hydrogen) atoms. The first kappa shape index (κ1) is 18.9. The van der Waals surface area contributed by atoms with Gasteiger partial charge in [0.05, 0.1) is 24.1 Å². The van der Waals surface area contributed by atoms with Gasteiger partial charge in [-0.1, -0.05) is 11.6 Å². The molecule has 2 bridgehead atoms. The lowest BCUT2D eigenvalue weighted by atomic mass is 9.54. The molecule has 0 unspecified atom stereocenters. The van der Waals surface area contributed by atoms with Crippen LogP contribution < -0.4 is 5.32 Å². The van der Waals surface area contributed by atoms with Gasteiger partial charge in [-0.2, -0.15) is 0 Å². The van der Waals surface area contributed by atoms with Crippen molar-refractivity contribution in [3.63, 3.8) is 0 Å². The summed E-state index contributed by atoms with van der Waals surface area (Å²) in [6, 6.07) is -0.271. The predicted molar refractivity (Wildman–Crippen MR) is 103 cm³/mol. The van der Waals surface area contributed by atoms with Crippen molar-refractivity contribution in [3.8, 4) is 0 Å². The van der Waals surface area contributed by atoms with E-state index in [0.29, 0.717) is 18.6 Å². The first-order valence-electron chi connectivity index (χ1n) is 10.6. The van der Waals surface area contributed by atoms with Crippen LogP contribution in [0.25, 0.3) is 0 Å². The van der Waals surface area contributed by atoms with Gasteiger partial charge in [0, 0.05) is 30.0 Å². The maximum Gasteiger partial charge on any atom is 0.343 e. The molecular formula is C21H21N3O7. The third-order valence-electron chi connectivity index (χ3n) is 8.26. The van der Waals surface area contributed by atoms with Gasteiger partial charge in [0.15, 0.2) is 0 Å². The first-order valence-corrected chi connectivity index (χ1v) is 10.6. The highest BCUT2D eigenvalue weighted by molar-refractivity contribution is 6.48. The zero-order valence-electron chi connectivity index (χ0n) is 16.6. The predicted octanol–water partition coefficient (Wildman–Crippen LogP) is 0.0350. The Kier molecular flexibility index (Phi) is 3.72. The van der Waals surface area contributed by atoms with Crippen LogP contribution in [-0.4, -0.2) is 70.3 Å². The molecule has 0 aromatic carbocycles. The number of Topliss-reactive ketones (excluding diaryl/α,β-unsaturated/α-hetero) is 1. The highest BCUT2D eigenvalue weighted by atomic mass is 16.6. The number of hydrogen-bond acceptors (Lipinski definition) is 8. The summed E-state index contributed by atoms with van der Waals surface area (Å²) in [7, 11) is 0. The minimum Gasteiger partial charge on any atom is -0.481 e. The van der Waals surface area contributed by atoms with Crippen molar-refractivity contribution in [1.29, 1.82) is 0 Å². The molecule has 0 aromatic rings. The largest absolute Gasteiger partial charge is 0.481 e. The molecule has 10 heteroatoms. The van der Waals surface area contributed by atoms with Crippen LogP contribution >= 0.6 is 0 Å². The number of piperidine rings is 1. The van der Waals surface area contributed by atoms with Crippen LogP contribution in [0.2, 0.25) is 0 Å². The molecule has 162 valence electrons. The summed E-state index contributed by atoms with van der Waals surface area (Å²) in [5, 5.41) is 24.6. The Labute approximate surface area is 176 Å². The van der Waals surface area contributed by atoms with Crippen LogP contribution in [0.5, 0.6) is 0 Å². The molecule has 3 saturated heterocycles. The van der Waals surface area contributed by atoms with E-state index in [1.165, 1.54) is 11.6 Å². The van der Waals surface area contributed by atoms with Crippen LogP contribution in [0, 0.1) is 27.4 Å². The molecule has 4 aliphatic heterocycles. The molecule has 4 fully saturated rings. The number of carboxylic acids is 1. The molecule has 6 atom stereocenters. The first-order chi connectivity index (χ1) is 14.8. The summed E-state index contributed by atoms with van der Waals surface area (Å²) in [6.45, 7) is 1.87. The summed E-state index contributed by atoms with van der Waals surface area (Å²) in [5.74, 6) is -3.05. The number of carbonyl (C=O) groups is 3. The monoisotopic (exact) mass is 427 g/mol. The quantitative estimate of drug-likeness (QED) is 0.210. The Morgan fingerprint density at radius 1 is 1.42 bits per heavy atom. The number of allylic oxidation sites excluding steroid dienone is 3. The second-order valence-electron chi connectivity index (χ2n) is 9.30. The Hall–Kier alpha value is -2.85. The standard InChI is InChI=1S/C21H21N3O7/c25-12-6-11-17(18(19(12)28)24(29)30)22-20-16-10-5-14-21(11,20)2-3-23(14)8-9(10)1-4-31-13(16)7-15(26)27/h1,6,10,13-14,16,20,22H,2-5,7-8H2,(H,26,27)/t10-,13-,14-,16+,20-,21-/m1/s1. The third kappa shape index (κ3) is 2.26. The molecule has 1 spiro atoms. The Morgan fingerprint density at radius 3 is 2.97 bits per heavy atom. The molecule has 6 aliphatic rings. The molecule has 10 nitrogen and oxygen atoms in total. The number of rotatable bonds is 3. The number of fused-ring (bicyclic) bond motifs is 2. The van der Waals surface area contributed by atoms with E-state index in [1.54, 1.807) is 0 Å². The number of nitrogens with one attached hydrogen (secondary N) is 1. The number of nitro groups is 1. The Morgan fingerprint density at radius 2 is 2.23 bits per heavy atom. The number of carbonyl (C=O) groups excluding carboxylic acids is 2. The summed E-state index contributed by atoms with van der Waals surface area (Å²) in [5.41, 5.74) is 0.637. The molecule has 0 amide bonds. The Bertz CT molecular complexity index is 1060. The average Bonchev–Trinajstić information content (AvgIpc) is 3.18. The fraction of sp³-hybridized carbons (Fsp3) is 0.571. The number of ether oxygens (including phenoxy) is 1. The van der Waals surface area contributed by atoms with Crippen molar-refractivity contribution in [3.05, 3.63) is 44.8 Å². The van der Waals surface area contributed by atoms with E-state index >= 15 is 0 Å². The van der Waals surface area contributed by atoms with Gasteiger partial charge in [0.2, 0.25) is 5.78 Å². The van der Waals surface area contributed by atoms with E-state index in [0.717, 1.165) is 19.5 Å². The van der Waals surface area contributed by atoms with Crippen molar-refractivity contribution in [1.82, 2.24) is 10.2 Å². The lowest BCUT2D eigenvalue weighted by Crippen LogP contribution is -2.63. The minimum absolute atomic E-state index is 0.0738. The van der Waals surface area contributed by atoms with Crippen molar-refractivity contribution < 1.29 is 29.2 Å². The van der Waals surface area contributed by atoms with E-state index in [2.05, 4.69) is 16.3 Å². The number of aliphatic carboxylic acids is 1. The van der Waals surface area contributed by atoms with Crippen molar-refractivity contribution in [2.75, 3.05) is 19.7 Å². The van der Waals surface area contributed by atoms with Gasteiger partial charge in [0.1, 0.15) is 5.70 Å². The van der Waals surface area contributed by atoms with Crippen molar-refractivity contribution in [2.45, 2.75) is 37.5 Å². The lowest BCUT2D eigenvalue weighted by molar-refractivity contribution is -0.419. The smallest absolute Gasteiger partial charge is 0.343 e. The maximum absolute atomic E-state index is 12.4. The normalized spacial score (nSPS) is 40.5. The highest BCUT2D eigenvalue weighted by Gasteiger charge is 2.69. The van der Waals surface area contributed by atoms with Gasteiger partial charge in [0.25, 0.3) is 0 Å². The highest BCUT2D eigenvalue weighted by Crippen LogP contribution is 2.64. The zero-order valence-corrected chi connectivity index (χ0v) is 16.6. The fourth-order valence-corrected chi connectivity index (χ4v) is 7.23. The zero-order chi connectivity index (χ0) is 21.7. The molecule has 6 rings (SSSR count).